The third kappa shape index (κ3) is 3.10. The fourth-order valence-electron chi connectivity index (χ4n) is 1.57. The molecule has 1 amide bonds. The van der Waals surface area contributed by atoms with Crippen LogP contribution in [0, 0.1) is 6.92 Å². The van der Waals surface area contributed by atoms with E-state index in [1.807, 2.05) is 25.1 Å². The van der Waals surface area contributed by atoms with Crippen LogP contribution in [0.25, 0.3) is 0 Å². The summed E-state index contributed by atoms with van der Waals surface area (Å²) in [5.41, 5.74) is 5.12. The molecular formula is C13H13BrN4O. The third-order valence-corrected chi connectivity index (χ3v) is 3.53. The number of aromatic nitrogens is 1. The third-order valence-electron chi connectivity index (χ3n) is 2.68. The molecule has 2 rings (SSSR count). The first-order valence-electron chi connectivity index (χ1n) is 5.61. The van der Waals surface area contributed by atoms with E-state index in [1.165, 1.54) is 6.20 Å². The topological polar surface area (TPSA) is 80.0 Å². The highest BCUT2D eigenvalue weighted by atomic mass is 79.9. The lowest BCUT2D eigenvalue weighted by atomic mass is 10.2. The van der Waals surface area contributed by atoms with E-state index in [2.05, 4.69) is 31.7 Å². The number of hydrazine groups is 1. The highest BCUT2D eigenvalue weighted by Gasteiger charge is 2.10. The fraction of sp³-hybridized carbons (Fsp3) is 0.0769. The number of amides is 1. The minimum atomic E-state index is -0.279. The summed E-state index contributed by atoms with van der Waals surface area (Å²) in [6, 6.07) is 8.88. The Morgan fingerprint density at radius 2 is 2.16 bits per heavy atom. The van der Waals surface area contributed by atoms with E-state index < -0.39 is 0 Å². The molecule has 1 aromatic heterocycles. The molecule has 5 nitrogen and oxygen atoms in total. The molecule has 4 N–H and O–H groups in total. The van der Waals surface area contributed by atoms with Crippen molar-refractivity contribution < 1.29 is 4.79 Å². The first-order valence-corrected chi connectivity index (χ1v) is 6.40. The first kappa shape index (κ1) is 13.5. The van der Waals surface area contributed by atoms with Gasteiger partial charge in [-0.05, 0) is 36.8 Å². The van der Waals surface area contributed by atoms with Crippen molar-refractivity contribution in [1.29, 1.82) is 0 Å². The molecule has 0 atom stereocenters. The van der Waals surface area contributed by atoms with Gasteiger partial charge in [0.15, 0.2) is 0 Å². The average Bonchev–Trinajstić information content (AvgIpc) is 2.44. The standard InChI is InChI=1S/C13H13BrN4O/c1-8-10(14)3-2-4-11(8)17-13(19)12-7-9(18-15)5-6-16-12/h2-7H,15H2,1H3,(H,16,18)(H,17,19). The second kappa shape index (κ2) is 5.81. The van der Waals surface area contributed by atoms with Crippen molar-refractivity contribution in [3.05, 3.63) is 52.3 Å². The maximum absolute atomic E-state index is 12.1. The molecule has 0 bridgehead atoms. The number of anilines is 2. The van der Waals surface area contributed by atoms with Crippen LogP contribution in [0.1, 0.15) is 16.1 Å². The van der Waals surface area contributed by atoms with Gasteiger partial charge in [0, 0.05) is 16.4 Å². The van der Waals surface area contributed by atoms with Crippen LogP contribution in [0.2, 0.25) is 0 Å². The number of carbonyl (C=O) groups excluding carboxylic acids is 1. The molecule has 19 heavy (non-hydrogen) atoms. The Morgan fingerprint density at radius 1 is 1.37 bits per heavy atom. The van der Waals surface area contributed by atoms with Crippen LogP contribution in [0.5, 0.6) is 0 Å². The highest BCUT2D eigenvalue weighted by molar-refractivity contribution is 9.10. The van der Waals surface area contributed by atoms with Gasteiger partial charge in [-0.25, -0.2) is 0 Å². The Balaban J connectivity index is 2.23. The summed E-state index contributed by atoms with van der Waals surface area (Å²) in [6.45, 7) is 1.92. The van der Waals surface area contributed by atoms with Gasteiger partial charge in [0.2, 0.25) is 0 Å². The second-order valence-electron chi connectivity index (χ2n) is 3.94. The van der Waals surface area contributed by atoms with Crippen molar-refractivity contribution in [3.63, 3.8) is 0 Å². The lowest BCUT2D eigenvalue weighted by Crippen LogP contribution is -2.15. The molecule has 0 saturated carbocycles. The number of hydrogen-bond acceptors (Lipinski definition) is 4. The van der Waals surface area contributed by atoms with Crippen LogP contribution < -0.4 is 16.6 Å². The van der Waals surface area contributed by atoms with Crippen molar-refractivity contribution in [2.45, 2.75) is 6.92 Å². The van der Waals surface area contributed by atoms with Gasteiger partial charge in [-0.15, -0.1) is 0 Å². The van der Waals surface area contributed by atoms with Crippen LogP contribution in [0.4, 0.5) is 11.4 Å². The van der Waals surface area contributed by atoms with Gasteiger partial charge >= 0.3 is 0 Å². The molecule has 0 radical (unpaired) electrons. The van der Waals surface area contributed by atoms with Gasteiger partial charge in [-0.3, -0.25) is 15.6 Å². The molecule has 0 unspecified atom stereocenters. The predicted octanol–water partition coefficient (Wildman–Crippen LogP) is 2.69. The molecule has 0 aliphatic heterocycles. The number of nitrogen functional groups attached to an aromatic ring is 1. The maximum Gasteiger partial charge on any atom is 0.274 e. The van der Waals surface area contributed by atoms with E-state index in [4.69, 9.17) is 5.84 Å². The second-order valence-corrected chi connectivity index (χ2v) is 4.79. The molecule has 0 fully saturated rings. The molecule has 1 heterocycles. The number of benzene rings is 1. The Kier molecular flexibility index (Phi) is 4.13. The van der Waals surface area contributed by atoms with Crippen molar-refractivity contribution in [3.8, 4) is 0 Å². The Hall–Kier alpha value is -1.92. The Labute approximate surface area is 119 Å². The zero-order chi connectivity index (χ0) is 13.8. The van der Waals surface area contributed by atoms with Gasteiger partial charge in [0.05, 0.1) is 5.69 Å². The molecule has 6 heteroatoms. The van der Waals surface area contributed by atoms with Gasteiger partial charge in [0.1, 0.15) is 5.69 Å². The monoisotopic (exact) mass is 320 g/mol. The fourth-order valence-corrected chi connectivity index (χ4v) is 1.94. The van der Waals surface area contributed by atoms with Crippen molar-refractivity contribution >= 4 is 33.2 Å². The SMILES string of the molecule is Cc1c(Br)cccc1NC(=O)c1cc(NN)ccn1. The van der Waals surface area contributed by atoms with Gasteiger partial charge in [0.25, 0.3) is 5.91 Å². The maximum atomic E-state index is 12.1. The van der Waals surface area contributed by atoms with Gasteiger partial charge < -0.3 is 10.7 Å². The summed E-state index contributed by atoms with van der Waals surface area (Å²) in [5, 5.41) is 2.82. The number of pyridine rings is 1. The normalized spacial score (nSPS) is 10.1. The average molecular weight is 321 g/mol. The van der Waals surface area contributed by atoms with E-state index in [1.54, 1.807) is 12.1 Å². The molecule has 2 aromatic rings. The number of hydrogen-bond donors (Lipinski definition) is 3. The Morgan fingerprint density at radius 3 is 2.89 bits per heavy atom. The van der Waals surface area contributed by atoms with Crippen LogP contribution in [-0.2, 0) is 0 Å². The summed E-state index contributed by atoms with van der Waals surface area (Å²) in [4.78, 5) is 16.1. The summed E-state index contributed by atoms with van der Waals surface area (Å²) in [7, 11) is 0. The molecule has 0 aliphatic rings. The first-order chi connectivity index (χ1) is 9.11. The van der Waals surface area contributed by atoms with E-state index in [0.29, 0.717) is 11.4 Å². The minimum absolute atomic E-state index is 0.279. The largest absolute Gasteiger partial charge is 0.324 e. The Bertz CT molecular complexity index is 615. The lowest BCUT2D eigenvalue weighted by Gasteiger charge is -2.09. The zero-order valence-corrected chi connectivity index (χ0v) is 11.9. The van der Waals surface area contributed by atoms with Gasteiger partial charge in [-0.2, -0.15) is 0 Å². The molecular weight excluding hydrogens is 308 g/mol. The van der Waals surface area contributed by atoms with Crippen molar-refractivity contribution in [1.82, 2.24) is 4.98 Å². The molecule has 0 saturated heterocycles. The molecule has 1 aromatic carbocycles. The number of nitrogens with one attached hydrogen (secondary N) is 2. The lowest BCUT2D eigenvalue weighted by molar-refractivity contribution is 0.102. The summed E-state index contributed by atoms with van der Waals surface area (Å²) in [5.74, 6) is 5.02. The number of nitrogens with zero attached hydrogens (tertiary/aromatic N) is 1. The van der Waals surface area contributed by atoms with Crippen LogP contribution >= 0.6 is 15.9 Å². The van der Waals surface area contributed by atoms with Crippen LogP contribution in [-0.4, -0.2) is 10.9 Å². The van der Waals surface area contributed by atoms with Crippen LogP contribution in [0.15, 0.2) is 41.0 Å². The van der Waals surface area contributed by atoms with E-state index >= 15 is 0 Å². The van der Waals surface area contributed by atoms with Crippen molar-refractivity contribution in [2.75, 3.05) is 10.7 Å². The van der Waals surface area contributed by atoms with E-state index in [-0.39, 0.29) is 5.91 Å². The van der Waals surface area contributed by atoms with E-state index in [0.717, 1.165) is 15.7 Å². The summed E-state index contributed by atoms with van der Waals surface area (Å²) in [6.07, 6.45) is 1.53. The van der Waals surface area contributed by atoms with Crippen molar-refractivity contribution in [2.24, 2.45) is 5.84 Å². The number of rotatable bonds is 3. The molecule has 98 valence electrons. The molecule has 0 aliphatic carbocycles. The molecule has 0 spiro atoms. The smallest absolute Gasteiger partial charge is 0.274 e. The predicted molar refractivity (Wildman–Crippen MR) is 78.9 cm³/mol. The number of carbonyl (C=O) groups is 1. The van der Waals surface area contributed by atoms with E-state index in [9.17, 15) is 4.79 Å². The summed E-state index contributed by atoms with van der Waals surface area (Å²) >= 11 is 3.42. The minimum Gasteiger partial charge on any atom is -0.324 e. The quantitative estimate of drug-likeness (QED) is 0.600. The highest BCUT2D eigenvalue weighted by Crippen LogP contribution is 2.23. The zero-order valence-electron chi connectivity index (χ0n) is 10.3. The van der Waals surface area contributed by atoms with Gasteiger partial charge in [-0.1, -0.05) is 22.0 Å². The number of halogens is 1. The summed E-state index contributed by atoms with van der Waals surface area (Å²) < 4.78 is 0.940. The van der Waals surface area contributed by atoms with Crippen LogP contribution in [0.3, 0.4) is 0 Å². The number of nitrogens with two attached hydrogens (primary N) is 1.